The number of hydrogen-bond donors (Lipinski definition) is 3. The van der Waals surface area contributed by atoms with Crippen LogP contribution in [0, 0.1) is 0 Å². The molecule has 0 spiro atoms. The fraction of sp³-hybridized carbons (Fsp3) is 0.571. The Bertz CT molecular complexity index is 238. The fourth-order valence-electron chi connectivity index (χ4n) is 0.689. The molecule has 0 radical (unpaired) electrons. The van der Waals surface area contributed by atoms with Crippen molar-refractivity contribution in [2.45, 2.75) is 13.5 Å². The normalized spacial score (nSPS) is 11.8. The van der Waals surface area contributed by atoms with Gasteiger partial charge in [0.05, 0.1) is 13.6 Å². The van der Waals surface area contributed by atoms with Gasteiger partial charge in [0, 0.05) is 0 Å². The van der Waals surface area contributed by atoms with Crippen LogP contribution in [-0.4, -0.2) is 25.9 Å². The summed E-state index contributed by atoms with van der Waals surface area (Å²) in [6, 6.07) is 0. The predicted octanol–water partition coefficient (Wildman–Crippen LogP) is -0.580. The van der Waals surface area contributed by atoms with Gasteiger partial charge in [-0.05, 0) is 6.92 Å². The first-order valence-corrected chi connectivity index (χ1v) is 6.35. The van der Waals surface area contributed by atoms with Crippen molar-refractivity contribution in [3.63, 3.8) is 0 Å². The van der Waals surface area contributed by atoms with Crippen LogP contribution < -0.4 is 4.57 Å². The summed E-state index contributed by atoms with van der Waals surface area (Å²) in [6.45, 7) is 4.17. The Labute approximate surface area is 78.5 Å². The molecule has 0 saturated heterocycles. The van der Waals surface area contributed by atoms with Gasteiger partial charge < -0.3 is 0 Å². The fourth-order valence-corrected chi connectivity index (χ4v) is 0.689. The van der Waals surface area contributed by atoms with E-state index in [2.05, 4.69) is 24.0 Å². The van der Waals surface area contributed by atoms with Crippen LogP contribution in [0.4, 0.5) is 0 Å². The summed E-state index contributed by atoms with van der Waals surface area (Å²) < 4.78 is 4.16. The molecule has 1 aromatic rings. The van der Waals surface area contributed by atoms with Crippen LogP contribution in [0.1, 0.15) is 6.92 Å². The van der Waals surface area contributed by atoms with Crippen molar-refractivity contribution in [1.29, 1.82) is 0 Å². The zero-order chi connectivity index (χ0) is 10.5. The monoisotopic (exact) mass is 209 g/mol. The van der Waals surface area contributed by atoms with E-state index in [0.717, 1.165) is 13.2 Å². The molecule has 1 rings (SSSR count). The zero-order valence-corrected chi connectivity index (χ0v) is 9.18. The van der Waals surface area contributed by atoms with E-state index < -0.39 is 7.94 Å². The molecular formula is C7H18N2O3P+. The summed E-state index contributed by atoms with van der Waals surface area (Å²) in [5.41, 5.74) is 0. The third-order valence-corrected chi connectivity index (χ3v) is 1.19. The van der Waals surface area contributed by atoms with Gasteiger partial charge in [-0.3, -0.25) is 0 Å². The number of aromatic nitrogens is 2. The van der Waals surface area contributed by atoms with Crippen molar-refractivity contribution >= 4 is 7.94 Å². The van der Waals surface area contributed by atoms with Gasteiger partial charge in [-0.2, -0.15) is 0 Å². The van der Waals surface area contributed by atoms with Crippen molar-refractivity contribution in [1.82, 2.24) is 4.57 Å². The number of imidazole rings is 1. The Balaban J connectivity index is 0.000000252. The summed E-state index contributed by atoms with van der Waals surface area (Å²) in [4.78, 5) is 23.3. The third kappa shape index (κ3) is 9.43. The molecule has 0 amide bonds. The quantitative estimate of drug-likeness (QED) is 0.428. The second-order valence-electron chi connectivity index (χ2n) is 2.88. The molecule has 0 aliphatic rings. The van der Waals surface area contributed by atoms with E-state index in [-0.39, 0.29) is 0 Å². The molecular weight excluding hydrogens is 191 g/mol. The first-order chi connectivity index (χ1) is 5.83. The van der Waals surface area contributed by atoms with Crippen molar-refractivity contribution < 1.29 is 19.2 Å². The van der Waals surface area contributed by atoms with E-state index >= 15 is 0 Å². The van der Waals surface area contributed by atoms with Crippen LogP contribution in [0.15, 0.2) is 18.7 Å². The van der Waals surface area contributed by atoms with Gasteiger partial charge in [-0.1, -0.05) is 0 Å². The van der Waals surface area contributed by atoms with E-state index in [1.165, 1.54) is 0 Å². The third-order valence-electron chi connectivity index (χ3n) is 1.19. The molecule has 1 aromatic heterocycles. The summed E-state index contributed by atoms with van der Waals surface area (Å²) in [6.07, 6.45) is 6.14. The summed E-state index contributed by atoms with van der Waals surface area (Å²) in [5, 5.41) is 0. The molecule has 1 heterocycles. The van der Waals surface area contributed by atoms with E-state index in [4.69, 9.17) is 14.7 Å². The van der Waals surface area contributed by atoms with Crippen LogP contribution in [0.3, 0.4) is 0 Å². The van der Waals surface area contributed by atoms with Gasteiger partial charge in [0.15, 0.2) is 0 Å². The van der Waals surface area contributed by atoms with Crippen LogP contribution in [0.25, 0.3) is 0 Å². The maximum atomic E-state index is 7.77. The van der Waals surface area contributed by atoms with Gasteiger partial charge in [-0.15, -0.1) is 0 Å². The second kappa shape index (κ2) is 5.29. The molecule has 0 atom stereocenters. The molecule has 0 aliphatic carbocycles. The van der Waals surface area contributed by atoms with E-state index in [1.807, 2.05) is 17.8 Å². The molecule has 0 saturated carbocycles. The minimum absolute atomic E-state index is 0.993. The molecule has 0 unspecified atom stereocenters. The van der Waals surface area contributed by atoms with Crippen molar-refractivity contribution in [2.75, 3.05) is 6.66 Å². The number of aryl methyl sites for hydroxylation is 2. The van der Waals surface area contributed by atoms with Gasteiger partial charge in [0.25, 0.3) is 0 Å². The van der Waals surface area contributed by atoms with Crippen LogP contribution in [0.2, 0.25) is 0 Å². The molecule has 0 bridgehead atoms. The van der Waals surface area contributed by atoms with Crippen molar-refractivity contribution in [3.05, 3.63) is 18.7 Å². The topological polar surface area (TPSA) is 69.5 Å². The number of rotatable bonds is 1. The first kappa shape index (κ1) is 12.5. The predicted molar refractivity (Wildman–Crippen MR) is 52.2 cm³/mol. The Kier molecular flexibility index (Phi) is 5.10. The molecule has 13 heavy (non-hydrogen) atoms. The van der Waals surface area contributed by atoms with Gasteiger partial charge in [0.2, 0.25) is 6.33 Å². The van der Waals surface area contributed by atoms with Gasteiger partial charge in [0.1, 0.15) is 12.4 Å². The van der Waals surface area contributed by atoms with Gasteiger partial charge in [-0.25, -0.2) is 9.13 Å². The summed E-state index contributed by atoms with van der Waals surface area (Å²) in [7, 11) is -1.59. The molecule has 78 valence electrons. The summed E-state index contributed by atoms with van der Waals surface area (Å²) in [5.74, 6) is 0. The van der Waals surface area contributed by atoms with Crippen LogP contribution in [0.5, 0.6) is 0 Å². The standard InChI is InChI=1S/C6H11N2.CH7O3P/c1-3-8-5-4-7(2)6-8;1-5(2,3)4/h4-6H,3H2,1-2H3;2-5H,1H3/q+1;. The summed E-state index contributed by atoms with van der Waals surface area (Å²) >= 11 is 0. The van der Waals surface area contributed by atoms with Crippen LogP contribution >= 0.6 is 7.94 Å². The average molecular weight is 209 g/mol. The Morgan fingerprint density at radius 1 is 1.38 bits per heavy atom. The number of hydrogen-bond acceptors (Lipinski definition) is 3. The molecule has 6 heteroatoms. The first-order valence-electron chi connectivity index (χ1n) is 4.01. The Hall–Kier alpha value is -0.480. The molecule has 0 fully saturated rings. The van der Waals surface area contributed by atoms with E-state index in [0.29, 0.717) is 0 Å². The molecule has 0 aliphatic heterocycles. The minimum atomic E-state index is -3.61. The SMILES string of the molecule is CC[n+]1ccn(C)c1.C[PH](O)(O)O. The molecule has 3 N–H and O–H groups in total. The van der Waals surface area contributed by atoms with Gasteiger partial charge >= 0.3 is 29.3 Å². The second-order valence-corrected chi connectivity index (χ2v) is 4.82. The molecule has 0 aromatic carbocycles. The van der Waals surface area contributed by atoms with Crippen LogP contribution in [-0.2, 0) is 13.6 Å². The average Bonchev–Trinajstić information content (AvgIpc) is 2.31. The van der Waals surface area contributed by atoms with E-state index in [9.17, 15) is 0 Å². The molecule has 5 nitrogen and oxygen atoms in total. The zero-order valence-electron chi connectivity index (χ0n) is 8.18. The Morgan fingerprint density at radius 3 is 2.00 bits per heavy atom. The maximum absolute atomic E-state index is 7.77. The van der Waals surface area contributed by atoms with E-state index in [1.54, 1.807) is 0 Å². The van der Waals surface area contributed by atoms with Crippen molar-refractivity contribution in [3.8, 4) is 0 Å². The van der Waals surface area contributed by atoms with Crippen molar-refractivity contribution in [2.24, 2.45) is 7.05 Å². The Morgan fingerprint density at radius 2 is 1.85 bits per heavy atom. The number of nitrogens with zero attached hydrogens (tertiary/aromatic N) is 2.